The van der Waals surface area contributed by atoms with Crippen LogP contribution < -0.4 is 0 Å². The molecule has 9 heteroatoms. The number of nitro benzene ring substituents is 1. The summed E-state index contributed by atoms with van der Waals surface area (Å²) in [5, 5.41) is 30.8. The van der Waals surface area contributed by atoms with Gasteiger partial charge in [-0.25, -0.2) is 0 Å². The van der Waals surface area contributed by atoms with Crippen LogP contribution in [0, 0.1) is 10.1 Å². The molecule has 2 aliphatic rings. The predicted octanol–water partition coefficient (Wildman–Crippen LogP) is 0.102. The van der Waals surface area contributed by atoms with Crippen molar-refractivity contribution >= 4 is 5.69 Å². The Balaban J connectivity index is 1.73. The lowest BCUT2D eigenvalue weighted by molar-refractivity contribution is -0.385. The van der Waals surface area contributed by atoms with Crippen molar-refractivity contribution in [2.45, 2.75) is 37.0 Å². The summed E-state index contributed by atoms with van der Waals surface area (Å²) in [7, 11) is 1.37. The minimum atomic E-state index is -1.24. The van der Waals surface area contributed by atoms with E-state index >= 15 is 0 Å². The van der Waals surface area contributed by atoms with Crippen molar-refractivity contribution in [1.29, 1.82) is 0 Å². The van der Waals surface area contributed by atoms with E-state index in [9.17, 15) is 20.3 Å². The number of aliphatic hydroxyl groups is 2. The van der Waals surface area contributed by atoms with Crippen LogP contribution in [0.4, 0.5) is 5.69 Å². The normalized spacial score (nSPS) is 37.2. The summed E-state index contributed by atoms with van der Waals surface area (Å²) >= 11 is 0. The molecule has 0 unspecified atom stereocenters. The summed E-state index contributed by atoms with van der Waals surface area (Å²) in [5.41, 5.74) is 0.534. The molecule has 1 aromatic rings. The number of nitro groups is 1. The van der Waals surface area contributed by atoms with Crippen LogP contribution in [-0.2, 0) is 18.9 Å². The number of rotatable bonds is 3. The second-order valence-electron chi connectivity index (χ2n) is 5.37. The van der Waals surface area contributed by atoms with E-state index in [1.165, 1.54) is 31.4 Å². The number of hydrogen-bond acceptors (Lipinski definition) is 8. The Morgan fingerprint density at radius 1 is 1.22 bits per heavy atom. The fraction of sp³-hybridized carbons (Fsp3) is 0.571. The maximum absolute atomic E-state index is 10.7. The number of non-ortho nitro benzene ring substituents is 1. The van der Waals surface area contributed by atoms with Crippen molar-refractivity contribution in [2.24, 2.45) is 0 Å². The number of fused-ring (bicyclic) bond motifs is 1. The molecule has 0 radical (unpaired) electrons. The topological polar surface area (TPSA) is 121 Å². The monoisotopic (exact) mass is 327 g/mol. The first-order chi connectivity index (χ1) is 11.0. The average Bonchev–Trinajstić information content (AvgIpc) is 2.58. The largest absolute Gasteiger partial charge is 0.387 e. The van der Waals surface area contributed by atoms with Gasteiger partial charge >= 0.3 is 0 Å². The Labute approximate surface area is 131 Å². The second-order valence-corrected chi connectivity index (χ2v) is 5.37. The van der Waals surface area contributed by atoms with Gasteiger partial charge in [0.05, 0.1) is 11.5 Å². The molecule has 1 aromatic carbocycles. The zero-order valence-corrected chi connectivity index (χ0v) is 12.3. The summed E-state index contributed by atoms with van der Waals surface area (Å²) in [6.45, 7) is 0.135. The van der Waals surface area contributed by atoms with Gasteiger partial charge in [-0.1, -0.05) is 0 Å². The molecule has 0 aromatic heterocycles. The van der Waals surface area contributed by atoms with Crippen LogP contribution in [-0.4, -0.2) is 59.6 Å². The molecule has 3 rings (SSSR count). The van der Waals surface area contributed by atoms with Crippen LogP contribution in [0.2, 0.25) is 0 Å². The van der Waals surface area contributed by atoms with E-state index < -0.39 is 41.9 Å². The molecular formula is C14H17NO8. The maximum atomic E-state index is 10.7. The zero-order chi connectivity index (χ0) is 16.6. The Kier molecular flexibility index (Phi) is 4.57. The van der Waals surface area contributed by atoms with E-state index in [0.29, 0.717) is 5.56 Å². The first-order valence-electron chi connectivity index (χ1n) is 7.07. The average molecular weight is 327 g/mol. The summed E-state index contributed by atoms with van der Waals surface area (Å²) in [6.07, 6.45) is -5.55. The van der Waals surface area contributed by atoms with Crippen LogP contribution >= 0.6 is 0 Å². The van der Waals surface area contributed by atoms with Crippen LogP contribution in [0.15, 0.2) is 24.3 Å². The number of aliphatic hydroxyl groups excluding tert-OH is 2. The van der Waals surface area contributed by atoms with Gasteiger partial charge in [0, 0.05) is 24.8 Å². The summed E-state index contributed by atoms with van der Waals surface area (Å²) < 4.78 is 21.7. The molecule has 0 amide bonds. The van der Waals surface area contributed by atoms with Crippen molar-refractivity contribution in [3.05, 3.63) is 39.9 Å². The van der Waals surface area contributed by atoms with Crippen molar-refractivity contribution < 1.29 is 34.1 Å². The lowest BCUT2D eigenvalue weighted by atomic mass is 9.98. The summed E-state index contributed by atoms with van der Waals surface area (Å²) in [6, 6.07) is 5.73. The molecule has 9 nitrogen and oxygen atoms in total. The van der Waals surface area contributed by atoms with Crippen LogP contribution in [0.5, 0.6) is 0 Å². The smallest absolute Gasteiger partial charge is 0.269 e. The van der Waals surface area contributed by atoms with E-state index in [4.69, 9.17) is 18.9 Å². The van der Waals surface area contributed by atoms with Crippen molar-refractivity contribution in [3.8, 4) is 0 Å². The van der Waals surface area contributed by atoms with Crippen LogP contribution in [0.25, 0.3) is 0 Å². The molecule has 2 saturated heterocycles. The predicted molar refractivity (Wildman–Crippen MR) is 74.3 cm³/mol. The third-order valence-electron chi connectivity index (χ3n) is 3.94. The molecule has 0 saturated carbocycles. The highest BCUT2D eigenvalue weighted by atomic mass is 16.7. The van der Waals surface area contributed by atoms with Gasteiger partial charge in [0.15, 0.2) is 12.6 Å². The van der Waals surface area contributed by atoms with Gasteiger partial charge in [0.1, 0.15) is 24.4 Å². The number of benzene rings is 1. The van der Waals surface area contributed by atoms with Crippen molar-refractivity contribution in [3.63, 3.8) is 0 Å². The van der Waals surface area contributed by atoms with Gasteiger partial charge in [0.25, 0.3) is 5.69 Å². The molecule has 6 atom stereocenters. The Bertz CT molecular complexity index is 562. The minimum absolute atomic E-state index is 0.0400. The van der Waals surface area contributed by atoms with Gasteiger partial charge in [-0.3, -0.25) is 10.1 Å². The Morgan fingerprint density at radius 2 is 1.91 bits per heavy atom. The lowest BCUT2D eigenvalue weighted by Crippen LogP contribution is -2.62. The van der Waals surface area contributed by atoms with Gasteiger partial charge in [0.2, 0.25) is 0 Å². The van der Waals surface area contributed by atoms with E-state index in [0.717, 1.165) is 0 Å². The zero-order valence-electron chi connectivity index (χ0n) is 12.3. The first-order valence-corrected chi connectivity index (χ1v) is 7.07. The molecule has 126 valence electrons. The quantitative estimate of drug-likeness (QED) is 0.592. The van der Waals surface area contributed by atoms with Gasteiger partial charge in [-0.05, 0) is 12.1 Å². The standard InChI is InChI=1S/C14H17NO8/c1-20-14-11(17)10(16)12-9(22-14)6-21-13(23-12)7-2-4-8(5-3-7)15(18)19/h2-5,9-14,16-17H,6H2,1H3/t9-,10-,11-,12+,13+,14+/m1/s1. The highest BCUT2D eigenvalue weighted by molar-refractivity contribution is 5.33. The highest BCUT2D eigenvalue weighted by Crippen LogP contribution is 2.34. The number of nitrogens with zero attached hydrogens (tertiary/aromatic N) is 1. The fourth-order valence-electron chi connectivity index (χ4n) is 2.69. The van der Waals surface area contributed by atoms with E-state index in [2.05, 4.69) is 0 Å². The molecule has 2 fully saturated rings. The summed E-state index contributed by atoms with van der Waals surface area (Å²) in [5.74, 6) is 0. The molecule has 2 heterocycles. The van der Waals surface area contributed by atoms with Crippen LogP contribution in [0.1, 0.15) is 11.9 Å². The number of methoxy groups -OCH3 is 1. The second kappa shape index (κ2) is 6.48. The molecule has 0 aliphatic carbocycles. The third-order valence-corrected chi connectivity index (χ3v) is 3.94. The van der Waals surface area contributed by atoms with Crippen molar-refractivity contribution in [1.82, 2.24) is 0 Å². The van der Waals surface area contributed by atoms with Gasteiger partial charge in [-0.2, -0.15) is 0 Å². The SMILES string of the molecule is CO[C@H]1O[C@@H]2CO[C@H](c3ccc([N+](=O)[O-])cc3)O[C@@H]2[C@H](O)[C@H]1O. The number of hydrogen-bond donors (Lipinski definition) is 2. The van der Waals surface area contributed by atoms with E-state index in [1.807, 2.05) is 0 Å². The van der Waals surface area contributed by atoms with E-state index in [-0.39, 0.29) is 12.3 Å². The maximum Gasteiger partial charge on any atom is 0.269 e. The molecule has 0 bridgehead atoms. The molecule has 23 heavy (non-hydrogen) atoms. The van der Waals surface area contributed by atoms with Gasteiger partial charge < -0.3 is 29.2 Å². The summed E-state index contributed by atoms with van der Waals surface area (Å²) in [4.78, 5) is 10.2. The van der Waals surface area contributed by atoms with Gasteiger partial charge in [-0.15, -0.1) is 0 Å². The molecule has 2 aliphatic heterocycles. The lowest BCUT2D eigenvalue weighted by Gasteiger charge is -2.45. The fourth-order valence-corrected chi connectivity index (χ4v) is 2.69. The Morgan fingerprint density at radius 3 is 2.52 bits per heavy atom. The van der Waals surface area contributed by atoms with E-state index in [1.54, 1.807) is 0 Å². The number of ether oxygens (including phenoxy) is 4. The molecule has 0 spiro atoms. The first kappa shape index (κ1) is 16.2. The minimum Gasteiger partial charge on any atom is -0.387 e. The molecule has 2 N–H and O–H groups in total. The highest BCUT2D eigenvalue weighted by Gasteiger charge is 2.49. The molecular weight excluding hydrogens is 310 g/mol. The Hall–Kier alpha value is -1.62. The van der Waals surface area contributed by atoms with Crippen molar-refractivity contribution in [2.75, 3.05) is 13.7 Å². The van der Waals surface area contributed by atoms with Crippen LogP contribution in [0.3, 0.4) is 0 Å². The third kappa shape index (κ3) is 3.07.